The summed E-state index contributed by atoms with van der Waals surface area (Å²) in [5.74, 6) is 0.0743. The molecule has 0 unspecified atom stereocenters. The number of H-pyrrole nitrogens is 1. The van der Waals surface area contributed by atoms with Gasteiger partial charge in [0.15, 0.2) is 0 Å². The van der Waals surface area contributed by atoms with Crippen molar-refractivity contribution in [1.29, 1.82) is 0 Å². The summed E-state index contributed by atoms with van der Waals surface area (Å²) in [6.45, 7) is 1.10. The van der Waals surface area contributed by atoms with Crippen LogP contribution in [0.3, 0.4) is 0 Å². The van der Waals surface area contributed by atoms with Crippen LogP contribution in [0.25, 0.3) is 11.0 Å². The van der Waals surface area contributed by atoms with Crippen LogP contribution in [-0.2, 0) is 10.0 Å². The zero-order chi connectivity index (χ0) is 22.3. The standard InChI is InChI=1S/C22H23FN4O4S/c23-16-3-5-17(6-4-16)31-22(28)26-13-18(14-26)32(29,30)27-10-7-15(8-11-27)20-12-25-21-19(20)2-1-9-24-21/h1-6,9,12,15,18H,7-8,10-11,13-14H2,(H,24,25). The summed E-state index contributed by atoms with van der Waals surface area (Å²) in [7, 11) is -3.49. The average Bonchev–Trinajstić information content (AvgIpc) is 3.18. The highest BCUT2D eigenvalue weighted by atomic mass is 32.2. The van der Waals surface area contributed by atoms with E-state index in [0.29, 0.717) is 13.1 Å². The lowest BCUT2D eigenvalue weighted by atomic mass is 9.90. The number of hydrogen-bond acceptors (Lipinski definition) is 5. The van der Waals surface area contributed by atoms with Crippen molar-refractivity contribution < 1.29 is 22.3 Å². The quantitative estimate of drug-likeness (QED) is 0.648. The van der Waals surface area contributed by atoms with Gasteiger partial charge in [0.25, 0.3) is 0 Å². The van der Waals surface area contributed by atoms with E-state index in [2.05, 4.69) is 9.97 Å². The Labute approximate surface area is 185 Å². The summed E-state index contributed by atoms with van der Waals surface area (Å²) in [6.07, 6.45) is 4.57. The van der Waals surface area contributed by atoms with E-state index in [1.807, 2.05) is 18.3 Å². The molecule has 2 fully saturated rings. The molecule has 1 amide bonds. The van der Waals surface area contributed by atoms with Gasteiger partial charge in [-0.1, -0.05) is 0 Å². The summed E-state index contributed by atoms with van der Waals surface area (Å²) >= 11 is 0. The summed E-state index contributed by atoms with van der Waals surface area (Å²) in [6, 6.07) is 9.04. The number of hydrogen-bond donors (Lipinski definition) is 1. The Morgan fingerprint density at radius 1 is 1.12 bits per heavy atom. The third-order valence-electron chi connectivity index (χ3n) is 6.28. The number of sulfonamides is 1. The van der Waals surface area contributed by atoms with Crippen LogP contribution >= 0.6 is 0 Å². The summed E-state index contributed by atoms with van der Waals surface area (Å²) < 4.78 is 45.7. The molecule has 0 atom stereocenters. The van der Waals surface area contributed by atoms with Crippen molar-refractivity contribution >= 4 is 27.1 Å². The first-order valence-electron chi connectivity index (χ1n) is 10.5. The Bertz CT molecular complexity index is 1230. The molecule has 0 radical (unpaired) electrons. The molecule has 0 saturated carbocycles. The summed E-state index contributed by atoms with van der Waals surface area (Å²) in [5.41, 5.74) is 2.03. The predicted octanol–water partition coefficient (Wildman–Crippen LogP) is 3.09. The molecule has 0 bridgehead atoms. The van der Waals surface area contributed by atoms with Crippen LogP contribution in [0.5, 0.6) is 5.75 Å². The first-order chi connectivity index (χ1) is 15.4. The zero-order valence-electron chi connectivity index (χ0n) is 17.3. The fourth-order valence-corrected chi connectivity index (χ4v) is 6.27. The number of aromatic amines is 1. The van der Waals surface area contributed by atoms with Gasteiger partial charge in [-0.05, 0) is 60.7 Å². The van der Waals surface area contributed by atoms with Gasteiger partial charge in [0.05, 0.1) is 0 Å². The molecular weight excluding hydrogens is 435 g/mol. The number of fused-ring (bicyclic) bond motifs is 1. The largest absolute Gasteiger partial charge is 0.415 e. The van der Waals surface area contributed by atoms with Crippen LogP contribution in [0.2, 0.25) is 0 Å². The first kappa shape index (κ1) is 20.9. The average molecular weight is 459 g/mol. The van der Waals surface area contributed by atoms with Gasteiger partial charge in [-0.15, -0.1) is 0 Å². The number of piperidine rings is 1. The van der Waals surface area contributed by atoms with E-state index in [0.717, 1.165) is 23.9 Å². The molecule has 2 saturated heterocycles. The van der Waals surface area contributed by atoms with Crippen LogP contribution < -0.4 is 4.74 Å². The van der Waals surface area contributed by atoms with Gasteiger partial charge < -0.3 is 14.6 Å². The normalized spacial score (nSPS) is 18.6. The molecule has 2 aliphatic rings. The number of carbonyl (C=O) groups is 1. The molecule has 10 heteroatoms. The smallest absolute Gasteiger partial charge is 0.410 e. The first-order valence-corrected chi connectivity index (χ1v) is 12.1. The lowest BCUT2D eigenvalue weighted by Crippen LogP contribution is -2.61. The second-order valence-corrected chi connectivity index (χ2v) is 10.4. The maximum atomic E-state index is 13.0. The Morgan fingerprint density at radius 2 is 1.84 bits per heavy atom. The number of benzene rings is 1. The van der Waals surface area contributed by atoms with E-state index < -0.39 is 27.2 Å². The van der Waals surface area contributed by atoms with Gasteiger partial charge in [0.2, 0.25) is 10.0 Å². The van der Waals surface area contributed by atoms with Gasteiger partial charge in [0.1, 0.15) is 22.5 Å². The SMILES string of the molecule is O=C(Oc1ccc(F)cc1)N1CC(S(=O)(=O)N2CCC(c3c[nH]c4ncccc34)CC2)C1. The molecule has 168 valence electrons. The number of carbonyl (C=O) groups excluding carboxylic acids is 1. The van der Waals surface area contributed by atoms with Crippen molar-refractivity contribution in [2.75, 3.05) is 26.2 Å². The Hall–Kier alpha value is -2.98. The summed E-state index contributed by atoms with van der Waals surface area (Å²) in [4.78, 5) is 21.1. The third kappa shape index (κ3) is 3.84. The lowest BCUT2D eigenvalue weighted by molar-refractivity contribution is 0.125. The molecular formula is C22H23FN4O4S. The van der Waals surface area contributed by atoms with Gasteiger partial charge in [-0.25, -0.2) is 26.9 Å². The minimum Gasteiger partial charge on any atom is -0.410 e. The molecule has 5 rings (SSSR count). The molecule has 8 nitrogen and oxygen atoms in total. The molecule has 0 spiro atoms. The topological polar surface area (TPSA) is 95.6 Å². The van der Waals surface area contributed by atoms with Gasteiger partial charge in [0, 0.05) is 44.0 Å². The van der Waals surface area contributed by atoms with E-state index in [1.54, 1.807) is 10.5 Å². The summed E-state index contributed by atoms with van der Waals surface area (Å²) in [5, 5.41) is 0.459. The highest BCUT2D eigenvalue weighted by molar-refractivity contribution is 7.89. The fraction of sp³-hybridized carbons (Fsp3) is 0.364. The van der Waals surface area contributed by atoms with E-state index in [4.69, 9.17) is 4.74 Å². The van der Waals surface area contributed by atoms with Crippen LogP contribution in [0.1, 0.15) is 24.3 Å². The number of amides is 1. The number of nitrogens with one attached hydrogen (secondary N) is 1. The van der Waals surface area contributed by atoms with Crippen molar-refractivity contribution in [2.24, 2.45) is 0 Å². The van der Waals surface area contributed by atoms with Crippen LogP contribution in [0.15, 0.2) is 48.8 Å². The second-order valence-electron chi connectivity index (χ2n) is 8.21. The molecule has 4 heterocycles. The fourth-order valence-electron chi connectivity index (χ4n) is 4.39. The van der Waals surface area contributed by atoms with Crippen molar-refractivity contribution in [1.82, 2.24) is 19.2 Å². The molecule has 2 aliphatic heterocycles. The van der Waals surface area contributed by atoms with Crippen molar-refractivity contribution in [3.8, 4) is 5.75 Å². The minimum atomic E-state index is -3.49. The van der Waals surface area contributed by atoms with Crippen molar-refractivity contribution in [3.05, 3.63) is 60.2 Å². The van der Waals surface area contributed by atoms with Crippen LogP contribution in [0.4, 0.5) is 9.18 Å². The predicted molar refractivity (Wildman–Crippen MR) is 116 cm³/mol. The van der Waals surface area contributed by atoms with Gasteiger partial charge >= 0.3 is 6.09 Å². The number of nitrogens with zero attached hydrogens (tertiary/aromatic N) is 3. The molecule has 1 N–H and O–H groups in total. The number of rotatable bonds is 4. The zero-order valence-corrected chi connectivity index (χ0v) is 18.1. The Kier molecular flexibility index (Phi) is 5.34. The van der Waals surface area contributed by atoms with E-state index in [1.165, 1.54) is 34.7 Å². The number of ether oxygens (including phenoxy) is 1. The molecule has 1 aromatic carbocycles. The molecule has 3 aromatic rings. The highest BCUT2D eigenvalue weighted by Crippen LogP contribution is 2.34. The Balaban J connectivity index is 1.16. The Morgan fingerprint density at radius 3 is 2.56 bits per heavy atom. The van der Waals surface area contributed by atoms with Crippen molar-refractivity contribution in [2.45, 2.75) is 24.0 Å². The number of pyridine rings is 1. The highest BCUT2D eigenvalue weighted by Gasteiger charge is 2.44. The van der Waals surface area contributed by atoms with E-state index >= 15 is 0 Å². The maximum absolute atomic E-state index is 13.0. The third-order valence-corrected chi connectivity index (χ3v) is 8.51. The second kappa shape index (κ2) is 8.18. The van der Waals surface area contributed by atoms with E-state index in [9.17, 15) is 17.6 Å². The van der Waals surface area contributed by atoms with Gasteiger partial charge in [-0.2, -0.15) is 0 Å². The number of aromatic nitrogens is 2. The van der Waals surface area contributed by atoms with Crippen LogP contribution in [0, 0.1) is 5.82 Å². The monoisotopic (exact) mass is 458 g/mol. The molecule has 32 heavy (non-hydrogen) atoms. The number of likely N-dealkylation sites (tertiary alicyclic amines) is 1. The van der Waals surface area contributed by atoms with Crippen molar-refractivity contribution in [3.63, 3.8) is 0 Å². The number of halogens is 1. The maximum Gasteiger partial charge on any atom is 0.415 e. The minimum absolute atomic E-state index is 0.0937. The lowest BCUT2D eigenvalue weighted by Gasteiger charge is -2.41. The van der Waals surface area contributed by atoms with E-state index in [-0.39, 0.29) is 24.8 Å². The van der Waals surface area contributed by atoms with Gasteiger partial charge in [-0.3, -0.25) is 0 Å². The molecule has 0 aliphatic carbocycles. The molecule has 2 aromatic heterocycles. The van der Waals surface area contributed by atoms with Crippen LogP contribution in [-0.4, -0.2) is 65.1 Å².